The van der Waals surface area contributed by atoms with Crippen molar-refractivity contribution < 1.29 is 22.7 Å². The Balaban J connectivity index is 1.88. The molecule has 0 unspecified atom stereocenters. The van der Waals surface area contributed by atoms with Crippen molar-refractivity contribution in [2.24, 2.45) is 0 Å². The molecule has 0 aromatic heterocycles. The van der Waals surface area contributed by atoms with E-state index in [1.807, 2.05) is 0 Å². The second-order valence-electron chi connectivity index (χ2n) is 5.69. The predicted octanol–water partition coefficient (Wildman–Crippen LogP) is 1.49. The smallest absolute Gasteiger partial charge is 0.262 e. The Morgan fingerprint density at radius 3 is 2.69 bits per heavy atom. The molecule has 0 atom stereocenters. The fourth-order valence-corrected chi connectivity index (χ4v) is 3.25. The fraction of sp³-hybridized carbons (Fsp3) is 0.176. The van der Waals surface area contributed by atoms with Gasteiger partial charge in [0.1, 0.15) is 5.75 Å². The van der Waals surface area contributed by atoms with Crippen LogP contribution >= 0.6 is 0 Å². The van der Waals surface area contributed by atoms with E-state index < -0.39 is 15.9 Å². The van der Waals surface area contributed by atoms with Gasteiger partial charge in [0.15, 0.2) is 6.61 Å². The van der Waals surface area contributed by atoms with Crippen LogP contribution in [0, 0.1) is 6.92 Å². The molecular weight excluding hydrogens is 358 g/mol. The van der Waals surface area contributed by atoms with Gasteiger partial charge in [0.25, 0.3) is 11.8 Å². The highest BCUT2D eigenvalue weighted by molar-refractivity contribution is 7.89. The average molecular weight is 375 g/mol. The zero-order valence-corrected chi connectivity index (χ0v) is 14.9. The van der Waals surface area contributed by atoms with E-state index in [0.717, 1.165) is 0 Å². The second-order valence-corrected chi connectivity index (χ2v) is 7.57. The molecule has 0 bridgehead atoms. The maximum absolute atomic E-state index is 12.6. The first-order valence-corrected chi connectivity index (χ1v) is 9.21. The Bertz CT molecular complexity index is 1000. The largest absolute Gasteiger partial charge is 0.482 e. The minimum absolute atomic E-state index is 0.00172. The predicted molar refractivity (Wildman–Crippen MR) is 95.9 cm³/mol. The summed E-state index contributed by atoms with van der Waals surface area (Å²) in [5, 5.41) is 5.36. The molecule has 1 aliphatic heterocycles. The van der Waals surface area contributed by atoms with Crippen LogP contribution in [0.3, 0.4) is 0 Å². The van der Waals surface area contributed by atoms with Crippen molar-refractivity contribution in [3.8, 4) is 5.75 Å². The van der Waals surface area contributed by atoms with Crippen molar-refractivity contribution >= 4 is 33.2 Å². The van der Waals surface area contributed by atoms with Crippen LogP contribution in [0.2, 0.25) is 0 Å². The molecule has 2 aromatic carbocycles. The van der Waals surface area contributed by atoms with Gasteiger partial charge in [0.05, 0.1) is 10.6 Å². The number of amides is 2. The van der Waals surface area contributed by atoms with Gasteiger partial charge >= 0.3 is 0 Å². The van der Waals surface area contributed by atoms with E-state index in [-0.39, 0.29) is 23.0 Å². The number of sulfonamides is 1. The Morgan fingerprint density at radius 1 is 1.19 bits per heavy atom. The van der Waals surface area contributed by atoms with E-state index in [1.165, 1.54) is 19.2 Å². The lowest BCUT2D eigenvalue weighted by Crippen LogP contribution is -2.25. The Kier molecular flexibility index (Phi) is 4.66. The maximum atomic E-state index is 12.6. The van der Waals surface area contributed by atoms with Gasteiger partial charge in [-0.25, -0.2) is 13.1 Å². The highest BCUT2D eigenvalue weighted by Crippen LogP contribution is 2.30. The lowest BCUT2D eigenvalue weighted by molar-refractivity contribution is -0.118. The molecule has 26 heavy (non-hydrogen) atoms. The molecule has 136 valence electrons. The van der Waals surface area contributed by atoms with Gasteiger partial charge in [-0.05, 0) is 49.9 Å². The number of rotatable bonds is 4. The number of anilines is 2. The van der Waals surface area contributed by atoms with Crippen molar-refractivity contribution in [2.75, 3.05) is 24.3 Å². The lowest BCUT2D eigenvalue weighted by atomic mass is 10.1. The molecule has 0 radical (unpaired) electrons. The van der Waals surface area contributed by atoms with Crippen LogP contribution in [0.1, 0.15) is 15.9 Å². The third-order valence-corrected chi connectivity index (χ3v) is 5.31. The number of fused-ring (bicyclic) bond motifs is 1. The third kappa shape index (κ3) is 3.53. The van der Waals surface area contributed by atoms with Crippen LogP contribution in [0.15, 0.2) is 41.3 Å². The normalized spacial score (nSPS) is 13.4. The minimum Gasteiger partial charge on any atom is -0.482 e. The zero-order valence-electron chi connectivity index (χ0n) is 14.1. The summed E-state index contributed by atoms with van der Waals surface area (Å²) in [4.78, 5) is 24.0. The van der Waals surface area contributed by atoms with Crippen molar-refractivity contribution in [2.45, 2.75) is 11.8 Å². The Hall–Kier alpha value is -2.91. The van der Waals surface area contributed by atoms with E-state index in [2.05, 4.69) is 15.4 Å². The number of nitrogens with one attached hydrogen (secondary N) is 3. The molecule has 8 nitrogen and oxygen atoms in total. The van der Waals surface area contributed by atoms with E-state index in [0.29, 0.717) is 22.7 Å². The van der Waals surface area contributed by atoms with Gasteiger partial charge in [-0.3, -0.25) is 9.59 Å². The molecule has 9 heteroatoms. The molecule has 2 amide bonds. The topological polar surface area (TPSA) is 114 Å². The average Bonchev–Trinajstić information content (AvgIpc) is 2.61. The summed E-state index contributed by atoms with van der Waals surface area (Å²) in [6.07, 6.45) is 0. The quantitative estimate of drug-likeness (QED) is 0.749. The minimum atomic E-state index is -3.66. The van der Waals surface area contributed by atoms with E-state index in [1.54, 1.807) is 31.2 Å². The SMILES string of the molecule is CNS(=O)(=O)c1ccc(C)c(C(=O)Nc2ccc3c(c2)NC(=O)CO3)c1. The van der Waals surface area contributed by atoms with Crippen molar-refractivity contribution in [3.05, 3.63) is 47.5 Å². The molecule has 0 fully saturated rings. The molecule has 3 N–H and O–H groups in total. The Morgan fingerprint density at radius 2 is 1.96 bits per heavy atom. The van der Waals surface area contributed by atoms with Crippen LogP contribution in [0.4, 0.5) is 11.4 Å². The molecule has 0 spiro atoms. The van der Waals surface area contributed by atoms with Crippen LogP contribution in [-0.2, 0) is 14.8 Å². The number of carbonyl (C=O) groups excluding carboxylic acids is 2. The van der Waals surface area contributed by atoms with Gasteiger partial charge in [-0.15, -0.1) is 0 Å². The second kappa shape index (κ2) is 6.77. The number of carbonyl (C=O) groups is 2. The summed E-state index contributed by atoms with van der Waals surface area (Å²) < 4.78 is 31.4. The van der Waals surface area contributed by atoms with Crippen LogP contribution < -0.4 is 20.1 Å². The van der Waals surface area contributed by atoms with Gasteiger partial charge in [0, 0.05) is 11.3 Å². The molecular formula is C17H17N3O5S. The fourth-order valence-electron chi connectivity index (χ4n) is 2.49. The number of hydrogen-bond acceptors (Lipinski definition) is 5. The number of benzene rings is 2. The zero-order chi connectivity index (χ0) is 18.9. The summed E-state index contributed by atoms with van der Waals surface area (Å²) in [5.41, 5.74) is 1.77. The summed E-state index contributed by atoms with van der Waals surface area (Å²) in [7, 11) is -2.35. The van der Waals surface area contributed by atoms with Gasteiger partial charge in [-0.1, -0.05) is 6.07 Å². The lowest BCUT2D eigenvalue weighted by Gasteiger charge is -2.18. The van der Waals surface area contributed by atoms with Crippen molar-refractivity contribution in [3.63, 3.8) is 0 Å². The van der Waals surface area contributed by atoms with E-state index in [4.69, 9.17) is 4.74 Å². The Labute approximate surface area is 150 Å². The summed E-state index contributed by atoms with van der Waals surface area (Å²) in [5.74, 6) is -0.221. The van der Waals surface area contributed by atoms with Gasteiger partial charge < -0.3 is 15.4 Å². The molecule has 2 aromatic rings. The first-order chi connectivity index (χ1) is 12.3. The molecule has 0 saturated carbocycles. The third-order valence-electron chi connectivity index (χ3n) is 3.90. The summed E-state index contributed by atoms with van der Waals surface area (Å²) in [6.45, 7) is 1.66. The standard InChI is InChI=1S/C17H17N3O5S/c1-10-3-5-12(26(23,24)18-2)8-13(10)17(22)19-11-4-6-15-14(7-11)20-16(21)9-25-15/h3-8,18H,9H2,1-2H3,(H,19,22)(H,20,21). The first kappa shape index (κ1) is 17.9. The van der Waals surface area contributed by atoms with Gasteiger partial charge in [-0.2, -0.15) is 0 Å². The van der Waals surface area contributed by atoms with E-state index >= 15 is 0 Å². The first-order valence-electron chi connectivity index (χ1n) is 7.72. The highest BCUT2D eigenvalue weighted by atomic mass is 32.2. The molecule has 1 aliphatic rings. The van der Waals surface area contributed by atoms with Crippen LogP contribution in [-0.4, -0.2) is 33.9 Å². The van der Waals surface area contributed by atoms with E-state index in [9.17, 15) is 18.0 Å². The van der Waals surface area contributed by atoms with Crippen LogP contribution in [0.5, 0.6) is 5.75 Å². The summed E-state index contributed by atoms with van der Waals surface area (Å²) >= 11 is 0. The number of ether oxygens (including phenoxy) is 1. The monoisotopic (exact) mass is 375 g/mol. The van der Waals surface area contributed by atoms with Crippen LogP contribution in [0.25, 0.3) is 0 Å². The maximum Gasteiger partial charge on any atom is 0.262 e. The van der Waals surface area contributed by atoms with Gasteiger partial charge in [0.2, 0.25) is 10.0 Å². The molecule has 0 saturated heterocycles. The molecule has 0 aliphatic carbocycles. The number of hydrogen-bond donors (Lipinski definition) is 3. The van der Waals surface area contributed by atoms with Crippen molar-refractivity contribution in [1.29, 1.82) is 0 Å². The summed E-state index contributed by atoms with van der Waals surface area (Å²) in [6, 6.07) is 9.17. The molecule has 3 rings (SSSR count). The molecule has 1 heterocycles. The number of aryl methyl sites for hydroxylation is 1. The van der Waals surface area contributed by atoms with Crippen molar-refractivity contribution in [1.82, 2.24) is 4.72 Å². The highest BCUT2D eigenvalue weighted by Gasteiger charge is 2.19.